The molecule has 2 atom stereocenters. The number of nitrogens with zero attached hydrogens (tertiary/aromatic N) is 2. The number of hydrogen-bond acceptors (Lipinski definition) is 6. The van der Waals surface area contributed by atoms with Gasteiger partial charge in [-0.1, -0.05) is 54.7 Å². The molecule has 1 aromatic heterocycles. The summed E-state index contributed by atoms with van der Waals surface area (Å²) >= 11 is 14.6. The van der Waals surface area contributed by atoms with Gasteiger partial charge in [0.2, 0.25) is 5.91 Å². The monoisotopic (exact) mass is 514 g/mol. The molecule has 0 radical (unpaired) electrons. The summed E-state index contributed by atoms with van der Waals surface area (Å²) in [6.45, 7) is 2.05. The van der Waals surface area contributed by atoms with Crippen molar-refractivity contribution in [2.45, 2.75) is 17.9 Å². The molecule has 0 aliphatic carbocycles. The summed E-state index contributed by atoms with van der Waals surface area (Å²) in [7, 11) is 0. The van der Waals surface area contributed by atoms with Crippen molar-refractivity contribution in [1.82, 2.24) is 4.31 Å². The number of carbonyl (C=O) groups is 2. The van der Waals surface area contributed by atoms with E-state index < -0.39 is 11.5 Å². The van der Waals surface area contributed by atoms with Gasteiger partial charge in [-0.05, 0) is 51.7 Å². The predicted octanol–water partition coefficient (Wildman–Crippen LogP) is 5.63. The Morgan fingerprint density at radius 3 is 2.36 bits per heavy atom. The number of thiophene rings is 1. The first-order valence-electron chi connectivity index (χ1n) is 10.8. The van der Waals surface area contributed by atoms with E-state index in [4.69, 9.17) is 24.4 Å². The number of rotatable bonds is 4. The van der Waals surface area contributed by atoms with Gasteiger partial charge in [0, 0.05) is 41.7 Å². The molecule has 2 fully saturated rings. The molecule has 2 saturated heterocycles. The first-order valence-corrected chi connectivity index (χ1v) is 13.7. The number of carbonyl (C=O) groups excluding carboxylic acids is 2. The summed E-state index contributed by atoms with van der Waals surface area (Å²) in [4.78, 5) is 29.6. The number of halogens is 1. The molecule has 3 aromatic rings. The molecule has 2 aromatic carbocycles. The summed E-state index contributed by atoms with van der Waals surface area (Å²) in [5, 5.41) is 4.38. The zero-order chi connectivity index (χ0) is 23.0. The Labute approximate surface area is 212 Å². The van der Waals surface area contributed by atoms with Crippen LogP contribution in [-0.2, 0) is 15.1 Å². The Hall–Kier alpha value is -1.93. The third kappa shape index (κ3) is 3.99. The topological polar surface area (TPSA) is 40.6 Å². The minimum atomic E-state index is -0.967. The van der Waals surface area contributed by atoms with Crippen molar-refractivity contribution in [3.8, 4) is 0 Å². The summed E-state index contributed by atoms with van der Waals surface area (Å²) in [6.07, 6.45) is 0.133. The Balaban J connectivity index is 1.56. The van der Waals surface area contributed by atoms with E-state index in [1.807, 2.05) is 40.7 Å². The fraction of sp³-hybridized carbons (Fsp3) is 0.280. The van der Waals surface area contributed by atoms with E-state index in [9.17, 15) is 9.59 Å². The third-order valence-corrected chi connectivity index (χ3v) is 9.01. The first kappa shape index (κ1) is 22.8. The van der Waals surface area contributed by atoms with Crippen molar-refractivity contribution < 1.29 is 9.59 Å². The number of anilines is 1. The van der Waals surface area contributed by atoms with E-state index >= 15 is 0 Å². The summed E-state index contributed by atoms with van der Waals surface area (Å²) in [6, 6.07) is 17.3. The van der Waals surface area contributed by atoms with Crippen LogP contribution in [0.5, 0.6) is 0 Å². The van der Waals surface area contributed by atoms with Gasteiger partial charge in [0.25, 0.3) is 0 Å². The lowest BCUT2D eigenvalue weighted by Gasteiger charge is -2.46. The summed E-state index contributed by atoms with van der Waals surface area (Å²) < 4.78 is 1.46. The summed E-state index contributed by atoms with van der Waals surface area (Å²) in [5.41, 5.74) is 2.50. The number of ketones is 1. The molecule has 0 spiro atoms. The lowest BCUT2D eigenvalue weighted by molar-refractivity contribution is -0.142. The highest BCUT2D eigenvalue weighted by Gasteiger charge is 2.52. The molecule has 1 amide bonds. The zero-order valence-electron chi connectivity index (χ0n) is 17.8. The van der Waals surface area contributed by atoms with Crippen LogP contribution in [0.3, 0.4) is 0 Å². The molecule has 170 valence electrons. The molecule has 2 aliphatic heterocycles. The van der Waals surface area contributed by atoms with E-state index in [1.165, 1.54) is 4.31 Å². The van der Waals surface area contributed by atoms with Gasteiger partial charge in [-0.15, -0.1) is 0 Å². The molecule has 8 heteroatoms. The molecule has 0 saturated carbocycles. The SMILES string of the molecule is O=C1CC(c2ccc(N3CCSCC3)cc2)(c2ccsc2)N(S)C(=O)C1c1ccccc1Cl. The van der Waals surface area contributed by atoms with Gasteiger partial charge >= 0.3 is 0 Å². The van der Waals surface area contributed by atoms with Crippen molar-refractivity contribution in [3.63, 3.8) is 0 Å². The van der Waals surface area contributed by atoms with Crippen molar-refractivity contribution in [2.24, 2.45) is 0 Å². The molecule has 3 heterocycles. The maximum Gasteiger partial charge on any atom is 0.248 e. The van der Waals surface area contributed by atoms with Crippen LogP contribution < -0.4 is 4.90 Å². The maximum atomic E-state index is 13.6. The summed E-state index contributed by atoms with van der Waals surface area (Å²) in [5.74, 6) is 0.787. The standard InChI is InChI=1S/C25H23ClN2O2S3/c26-21-4-2-1-3-20(21)23-22(29)15-25(28(31)24(23)30,18-9-12-33-16-18)17-5-7-19(8-6-17)27-10-13-32-14-11-27/h1-9,12,16,23,31H,10-11,13-15H2. The predicted molar refractivity (Wildman–Crippen MR) is 141 cm³/mol. The van der Waals surface area contributed by atoms with Crippen molar-refractivity contribution in [2.75, 3.05) is 29.5 Å². The number of Topliss-reactive ketones (excluding diaryl/α,β-unsaturated/α-hetero) is 1. The highest BCUT2D eigenvalue weighted by molar-refractivity contribution is 7.99. The molecule has 0 bridgehead atoms. The second-order valence-electron chi connectivity index (χ2n) is 8.27. The van der Waals surface area contributed by atoms with E-state index in [2.05, 4.69) is 17.0 Å². The van der Waals surface area contributed by atoms with Crippen LogP contribution in [0.15, 0.2) is 65.4 Å². The van der Waals surface area contributed by atoms with Crippen LogP contribution in [0.25, 0.3) is 0 Å². The van der Waals surface area contributed by atoms with Gasteiger partial charge in [-0.3, -0.25) is 13.9 Å². The first-order chi connectivity index (χ1) is 16.0. The highest BCUT2D eigenvalue weighted by atomic mass is 35.5. The Morgan fingerprint density at radius 1 is 0.970 bits per heavy atom. The third-order valence-electron chi connectivity index (χ3n) is 6.51. The van der Waals surface area contributed by atoms with Gasteiger partial charge in [-0.25, -0.2) is 0 Å². The maximum absolute atomic E-state index is 13.6. The number of hydrogen-bond donors (Lipinski definition) is 1. The Morgan fingerprint density at radius 2 is 1.70 bits per heavy atom. The number of thioether (sulfide) groups is 1. The average Bonchev–Trinajstić information content (AvgIpc) is 3.39. The van der Waals surface area contributed by atoms with Gasteiger partial charge in [0.1, 0.15) is 11.5 Å². The Kier molecular flexibility index (Phi) is 6.49. The molecule has 4 nitrogen and oxygen atoms in total. The minimum absolute atomic E-state index is 0.133. The van der Waals surface area contributed by atoms with E-state index in [-0.39, 0.29) is 18.1 Å². The van der Waals surface area contributed by atoms with Crippen molar-refractivity contribution in [3.05, 3.63) is 87.1 Å². The van der Waals surface area contributed by atoms with Crippen molar-refractivity contribution in [1.29, 1.82) is 0 Å². The minimum Gasteiger partial charge on any atom is -0.370 e. The smallest absolute Gasteiger partial charge is 0.248 e. The van der Waals surface area contributed by atoms with Gasteiger partial charge in [-0.2, -0.15) is 23.1 Å². The largest absolute Gasteiger partial charge is 0.370 e. The van der Waals surface area contributed by atoms with Crippen LogP contribution in [0.2, 0.25) is 5.02 Å². The Bertz CT molecular complexity index is 1160. The highest BCUT2D eigenvalue weighted by Crippen LogP contribution is 2.48. The van der Waals surface area contributed by atoms with E-state index in [0.29, 0.717) is 10.6 Å². The van der Waals surface area contributed by atoms with Gasteiger partial charge in [0.15, 0.2) is 5.78 Å². The number of benzene rings is 2. The number of piperidine rings is 1. The van der Waals surface area contributed by atoms with Crippen LogP contribution in [-0.4, -0.2) is 40.6 Å². The van der Waals surface area contributed by atoms with Crippen molar-refractivity contribution >= 4 is 64.9 Å². The van der Waals surface area contributed by atoms with E-state index in [1.54, 1.807) is 35.6 Å². The molecule has 33 heavy (non-hydrogen) atoms. The zero-order valence-corrected chi connectivity index (χ0v) is 21.1. The van der Waals surface area contributed by atoms with Crippen LogP contribution in [0, 0.1) is 0 Å². The van der Waals surface area contributed by atoms with E-state index in [0.717, 1.165) is 41.4 Å². The van der Waals surface area contributed by atoms with Gasteiger partial charge in [0.05, 0.1) is 0 Å². The molecular formula is C25H23ClN2O2S3. The molecular weight excluding hydrogens is 492 g/mol. The molecule has 0 N–H and O–H groups in total. The van der Waals surface area contributed by atoms with Gasteiger partial charge < -0.3 is 4.90 Å². The van der Waals surface area contributed by atoms with Crippen LogP contribution in [0.4, 0.5) is 5.69 Å². The average molecular weight is 515 g/mol. The fourth-order valence-electron chi connectivity index (χ4n) is 4.78. The fourth-order valence-corrected chi connectivity index (χ4v) is 7.07. The van der Waals surface area contributed by atoms with Crippen LogP contribution >= 0.6 is 47.5 Å². The molecule has 2 unspecified atom stereocenters. The molecule has 5 rings (SSSR count). The second kappa shape index (κ2) is 9.37. The lowest BCUT2D eigenvalue weighted by atomic mass is 9.73. The van der Waals surface area contributed by atoms with Crippen LogP contribution in [0.1, 0.15) is 29.0 Å². The lowest BCUT2D eigenvalue weighted by Crippen LogP contribution is -2.54. The number of amides is 1. The number of thiol groups is 1. The second-order valence-corrected chi connectivity index (χ2v) is 11.1. The quantitative estimate of drug-likeness (QED) is 0.362. The normalized spacial score (nSPS) is 23.8. The molecule has 2 aliphatic rings.